The SMILES string of the molecule is Fc1cccc2c1CCC2Nc1ccccc1Br. The number of halogens is 2. The van der Waals surface area contributed by atoms with Crippen molar-refractivity contribution >= 4 is 21.6 Å². The molecule has 1 unspecified atom stereocenters. The standard InChI is InChI=1S/C15H13BrFN/c16-12-5-1-2-7-15(12)18-14-9-8-10-11(14)4-3-6-13(10)17/h1-7,14,18H,8-9H2. The molecule has 1 aliphatic carbocycles. The van der Waals surface area contributed by atoms with Crippen LogP contribution in [0.1, 0.15) is 23.6 Å². The third kappa shape index (κ3) is 2.03. The molecule has 92 valence electrons. The predicted octanol–water partition coefficient (Wildman–Crippen LogP) is 4.69. The Morgan fingerprint density at radius 2 is 1.94 bits per heavy atom. The van der Waals surface area contributed by atoms with E-state index in [1.54, 1.807) is 12.1 Å². The molecule has 0 aliphatic heterocycles. The van der Waals surface area contributed by atoms with Crippen LogP contribution in [0.15, 0.2) is 46.9 Å². The summed E-state index contributed by atoms with van der Waals surface area (Å²) in [5.74, 6) is -0.0797. The molecule has 0 amide bonds. The van der Waals surface area contributed by atoms with Gasteiger partial charge in [-0.25, -0.2) is 4.39 Å². The number of para-hydroxylation sites is 1. The zero-order chi connectivity index (χ0) is 12.5. The molecule has 0 heterocycles. The minimum absolute atomic E-state index is 0.0797. The Kier molecular flexibility index (Phi) is 3.08. The third-order valence-electron chi connectivity index (χ3n) is 3.42. The van der Waals surface area contributed by atoms with Crippen LogP contribution in [-0.2, 0) is 6.42 Å². The van der Waals surface area contributed by atoms with E-state index in [4.69, 9.17) is 0 Å². The summed E-state index contributed by atoms with van der Waals surface area (Å²) in [6.45, 7) is 0. The molecule has 0 saturated carbocycles. The highest BCUT2D eigenvalue weighted by Crippen LogP contribution is 2.36. The van der Waals surface area contributed by atoms with E-state index < -0.39 is 0 Å². The zero-order valence-corrected chi connectivity index (χ0v) is 11.4. The van der Waals surface area contributed by atoms with Crippen LogP contribution in [0, 0.1) is 5.82 Å². The molecule has 1 nitrogen and oxygen atoms in total. The first-order valence-electron chi connectivity index (χ1n) is 6.04. The number of nitrogens with one attached hydrogen (secondary N) is 1. The van der Waals surface area contributed by atoms with E-state index in [9.17, 15) is 4.39 Å². The molecule has 1 aliphatic rings. The third-order valence-corrected chi connectivity index (χ3v) is 4.11. The van der Waals surface area contributed by atoms with Crippen molar-refractivity contribution in [3.05, 3.63) is 63.9 Å². The Bertz CT molecular complexity index is 582. The molecule has 3 rings (SSSR count). The summed E-state index contributed by atoms with van der Waals surface area (Å²) in [6.07, 6.45) is 1.75. The van der Waals surface area contributed by atoms with Gasteiger partial charge in [-0.1, -0.05) is 24.3 Å². The molecule has 0 saturated heterocycles. The monoisotopic (exact) mass is 305 g/mol. The maximum absolute atomic E-state index is 13.6. The number of benzene rings is 2. The lowest BCUT2D eigenvalue weighted by Gasteiger charge is -2.16. The summed E-state index contributed by atoms with van der Waals surface area (Å²) in [5.41, 5.74) is 3.01. The number of hydrogen-bond acceptors (Lipinski definition) is 1. The van der Waals surface area contributed by atoms with Gasteiger partial charge in [-0.2, -0.15) is 0 Å². The molecule has 2 aromatic carbocycles. The second kappa shape index (κ2) is 4.73. The lowest BCUT2D eigenvalue weighted by atomic mass is 10.1. The van der Waals surface area contributed by atoms with Crippen LogP contribution in [0.2, 0.25) is 0 Å². The first-order chi connectivity index (χ1) is 8.75. The molecule has 3 heteroatoms. The lowest BCUT2D eigenvalue weighted by molar-refractivity contribution is 0.612. The molecule has 0 bridgehead atoms. The molecule has 0 spiro atoms. The van der Waals surface area contributed by atoms with Crippen molar-refractivity contribution in [3.8, 4) is 0 Å². The van der Waals surface area contributed by atoms with Crippen LogP contribution in [0.5, 0.6) is 0 Å². The highest BCUT2D eigenvalue weighted by molar-refractivity contribution is 9.10. The van der Waals surface area contributed by atoms with Crippen molar-refractivity contribution in [2.75, 3.05) is 5.32 Å². The van der Waals surface area contributed by atoms with Gasteiger partial charge in [0, 0.05) is 10.2 Å². The van der Waals surface area contributed by atoms with Crippen LogP contribution in [0.3, 0.4) is 0 Å². The summed E-state index contributed by atoms with van der Waals surface area (Å²) in [6, 6.07) is 13.6. The minimum atomic E-state index is -0.0797. The van der Waals surface area contributed by atoms with Gasteiger partial charge in [0.25, 0.3) is 0 Å². The highest BCUT2D eigenvalue weighted by Gasteiger charge is 2.24. The van der Waals surface area contributed by atoms with Gasteiger partial charge in [0.2, 0.25) is 0 Å². The fourth-order valence-corrected chi connectivity index (χ4v) is 2.92. The molecule has 0 aromatic heterocycles. The summed E-state index contributed by atoms with van der Waals surface area (Å²) in [5, 5.41) is 3.48. The van der Waals surface area contributed by atoms with Gasteiger partial charge in [-0.3, -0.25) is 0 Å². The Labute approximate surface area is 114 Å². The molecule has 2 aromatic rings. The van der Waals surface area contributed by atoms with Gasteiger partial charge >= 0.3 is 0 Å². The highest BCUT2D eigenvalue weighted by atomic mass is 79.9. The maximum Gasteiger partial charge on any atom is 0.126 e. The Hall–Kier alpha value is -1.35. The number of rotatable bonds is 2. The topological polar surface area (TPSA) is 12.0 Å². The van der Waals surface area contributed by atoms with Crippen molar-refractivity contribution in [2.24, 2.45) is 0 Å². The first-order valence-corrected chi connectivity index (χ1v) is 6.83. The quantitative estimate of drug-likeness (QED) is 0.849. The smallest absolute Gasteiger partial charge is 0.126 e. The Morgan fingerprint density at radius 1 is 1.11 bits per heavy atom. The fraction of sp³-hybridized carbons (Fsp3) is 0.200. The van der Waals surface area contributed by atoms with Crippen molar-refractivity contribution in [1.29, 1.82) is 0 Å². The van der Waals surface area contributed by atoms with Crippen molar-refractivity contribution in [2.45, 2.75) is 18.9 Å². The minimum Gasteiger partial charge on any atom is -0.377 e. The van der Waals surface area contributed by atoms with E-state index >= 15 is 0 Å². The van der Waals surface area contributed by atoms with Crippen LogP contribution in [-0.4, -0.2) is 0 Å². The Morgan fingerprint density at radius 3 is 2.78 bits per heavy atom. The van der Waals surface area contributed by atoms with Crippen LogP contribution in [0.25, 0.3) is 0 Å². The molecule has 18 heavy (non-hydrogen) atoms. The second-order valence-corrected chi connectivity index (χ2v) is 5.38. The zero-order valence-electron chi connectivity index (χ0n) is 9.79. The first kappa shape index (κ1) is 11.7. The summed E-state index contributed by atoms with van der Waals surface area (Å²) < 4.78 is 14.7. The van der Waals surface area contributed by atoms with Crippen molar-refractivity contribution in [3.63, 3.8) is 0 Å². The summed E-state index contributed by atoms with van der Waals surface area (Å²) >= 11 is 3.52. The number of anilines is 1. The van der Waals surface area contributed by atoms with E-state index in [1.807, 2.05) is 30.3 Å². The molecular formula is C15H13BrFN. The van der Waals surface area contributed by atoms with E-state index in [0.717, 1.165) is 34.1 Å². The van der Waals surface area contributed by atoms with E-state index in [0.29, 0.717) is 0 Å². The number of hydrogen-bond donors (Lipinski definition) is 1. The van der Waals surface area contributed by atoms with Gasteiger partial charge in [0.15, 0.2) is 0 Å². The van der Waals surface area contributed by atoms with Gasteiger partial charge in [-0.15, -0.1) is 0 Å². The molecular weight excluding hydrogens is 293 g/mol. The average Bonchev–Trinajstić information content (AvgIpc) is 2.77. The van der Waals surface area contributed by atoms with E-state index in [1.165, 1.54) is 0 Å². The van der Waals surface area contributed by atoms with Gasteiger partial charge < -0.3 is 5.32 Å². The van der Waals surface area contributed by atoms with Crippen LogP contribution >= 0.6 is 15.9 Å². The largest absolute Gasteiger partial charge is 0.377 e. The Balaban J connectivity index is 1.90. The molecule has 0 radical (unpaired) electrons. The van der Waals surface area contributed by atoms with Gasteiger partial charge in [0.05, 0.1) is 6.04 Å². The molecule has 1 atom stereocenters. The van der Waals surface area contributed by atoms with Crippen LogP contribution in [0.4, 0.5) is 10.1 Å². The van der Waals surface area contributed by atoms with Crippen molar-refractivity contribution < 1.29 is 4.39 Å². The molecule has 1 N–H and O–H groups in total. The van der Waals surface area contributed by atoms with E-state index in [2.05, 4.69) is 21.2 Å². The summed E-state index contributed by atoms with van der Waals surface area (Å²) in [7, 11) is 0. The van der Waals surface area contributed by atoms with Gasteiger partial charge in [-0.05, 0) is 58.1 Å². The predicted molar refractivity (Wildman–Crippen MR) is 75.2 cm³/mol. The summed E-state index contributed by atoms with van der Waals surface area (Å²) in [4.78, 5) is 0. The number of fused-ring (bicyclic) bond motifs is 1. The second-order valence-electron chi connectivity index (χ2n) is 4.52. The van der Waals surface area contributed by atoms with Crippen molar-refractivity contribution in [1.82, 2.24) is 0 Å². The lowest BCUT2D eigenvalue weighted by Crippen LogP contribution is -2.07. The maximum atomic E-state index is 13.6. The molecule has 0 fully saturated rings. The van der Waals surface area contributed by atoms with Gasteiger partial charge in [0.1, 0.15) is 5.82 Å². The average molecular weight is 306 g/mol. The normalized spacial score (nSPS) is 17.6. The fourth-order valence-electron chi connectivity index (χ4n) is 2.53. The van der Waals surface area contributed by atoms with E-state index in [-0.39, 0.29) is 11.9 Å². The van der Waals surface area contributed by atoms with Crippen LogP contribution < -0.4 is 5.32 Å².